The fraction of sp³-hybridized carbons (Fsp3) is 0.200. The lowest BCUT2D eigenvalue weighted by Crippen LogP contribution is -2.25. The van der Waals surface area contributed by atoms with Gasteiger partial charge in [0.25, 0.3) is 0 Å². The molecule has 0 aliphatic carbocycles. The summed E-state index contributed by atoms with van der Waals surface area (Å²) < 4.78 is 12.9. The molecule has 1 nitrogen and oxygen atoms in total. The summed E-state index contributed by atoms with van der Waals surface area (Å²) in [7, 11) is 0. The van der Waals surface area contributed by atoms with Crippen molar-refractivity contribution in [1.29, 1.82) is 0 Å². The Morgan fingerprint density at radius 1 is 1.06 bits per heavy atom. The molecule has 2 N–H and O–H groups in total. The van der Waals surface area contributed by atoms with Gasteiger partial charge in [-0.15, -0.1) is 0 Å². The number of hydrogen-bond donors (Lipinski definition) is 1. The molecule has 2 rings (SSSR count). The van der Waals surface area contributed by atoms with E-state index in [1.807, 2.05) is 30.3 Å². The van der Waals surface area contributed by atoms with Gasteiger partial charge in [0.1, 0.15) is 5.82 Å². The molecule has 0 heterocycles. The molecule has 0 aromatic heterocycles. The van der Waals surface area contributed by atoms with Crippen LogP contribution >= 0.6 is 11.6 Å². The van der Waals surface area contributed by atoms with E-state index in [2.05, 4.69) is 0 Å². The van der Waals surface area contributed by atoms with Gasteiger partial charge in [-0.25, -0.2) is 4.39 Å². The van der Waals surface area contributed by atoms with Crippen molar-refractivity contribution in [2.24, 2.45) is 5.73 Å². The van der Waals surface area contributed by atoms with Gasteiger partial charge in [0.15, 0.2) is 0 Å². The summed E-state index contributed by atoms with van der Waals surface area (Å²) in [6.07, 6.45) is 1.43. The number of benzene rings is 2. The zero-order valence-electron chi connectivity index (χ0n) is 9.94. The summed E-state index contributed by atoms with van der Waals surface area (Å²) in [5, 5.41) is 0.443. The maximum Gasteiger partial charge on any atom is 0.124 e. The van der Waals surface area contributed by atoms with Crippen molar-refractivity contribution in [2.75, 3.05) is 0 Å². The highest BCUT2D eigenvalue weighted by Crippen LogP contribution is 2.19. The maximum absolute atomic E-state index is 12.9. The molecule has 0 radical (unpaired) electrons. The van der Waals surface area contributed by atoms with Crippen molar-refractivity contribution >= 4 is 11.6 Å². The lowest BCUT2D eigenvalue weighted by Gasteiger charge is -2.13. The van der Waals surface area contributed by atoms with Crippen LogP contribution in [-0.4, -0.2) is 6.04 Å². The Labute approximate surface area is 111 Å². The molecule has 0 saturated carbocycles. The second-order valence-corrected chi connectivity index (χ2v) is 4.80. The molecule has 0 aliphatic rings. The van der Waals surface area contributed by atoms with Crippen LogP contribution in [0.15, 0.2) is 48.5 Å². The van der Waals surface area contributed by atoms with E-state index in [4.69, 9.17) is 17.3 Å². The molecule has 1 unspecified atom stereocenters. The van der Waals surface area contributed by atoms with E-state index in [0.717, 1.165) is 12.0 Å². The molecule has 94 valence electrons. The van der Waals surface area contributed by atoms with Crippen LogP contribution in [0, 0.1) is 5.82 Å². The number of rotatable bonds is 4. The SMILES string of the molecule is NC(Cc1ccccc1)Cc1ccc(F)cc1Cl. The minimum absolute atomic E-state index is 0.0182. The van der Waals surface area contributed by atoms with Crippen LogP contribution in [0.4, 0.5) is 4.39 Å². The summed E-state index contributed by atoms with van der Waals surface area (Å²) in [4.78, 5) is 0. The molecular formula is C15H15ClFN. The van der Waals surface area contributed by atoms with Crippen molar-refractivity contribution in [2.45, 2.75) is 18.9 Å². The first-order valence-corrected chi connectivity index (χ1v) is 6.26. The second-order valence-electron chi connectivity index (χ2n) is 4.39. The molecule has 18 heavy (non-hydrogen) atoms. The smallest absolute Gasteiger partial charge is 0.124 e. The predicted molar refractivity (Wildman–Crippen MR) is 73.2 cm³/mol. The second kappa shape index (κ2) is 5.98. The van der Waals surface area contributed by atoms with Crippen LogP contribution in [0.25, 0.3) is 0 Å². The first kappa shape index (κ1) is 13.1. The van der Waals surface area contributed by atoms with Gasteiger partial charge >= 0.3 is 0 Å². The van der Waals surface area contributed by atoms with E-state index in [9.17, 15) is 4.39 Å². The van der Waals surface area contributed by atoms with Gasteiger partial charge in [-0.2, -0.15) is 0 Å². The normalized spacial score (nSPS) is 12.4. The summed E-state index contributed by atoms with van der Waals surface area (Å²) >= 11 is 5.98. The standard InChI is InChI=1S/C15H15ClFN/c16-15-10-13(17)7-6-12(15)9-14(18)8-11-4-2-1-3-5-11/h1-7,10,14H,8-9,18H2. The Morgan fingerprint density at radius 2 is 1.78 bits per heavy atom. The first-order chi connectivity index (χ1) is 8.65. The molecule has 0 amide bonds. The molecule has 0 fully saturated rings. The third-order valence-corrected chi connectivity index (χ3v) is 3.19. The van der Waals surface area contributed by atoms with Gasteiger partial charge < -0.3 is 5.73 Å². The summed E-state index contributed by atoms with van der Waals surface area (Å²) in [5.41, 5.74) is 8.18. The molecule has 0 aliphatic heterocycles. The van der Waals surface area contributed by atoms with E-state index in [-0.39, 0.29) is 11.9 Å². The van der Waals surface area contributed by atoms with Crippen molar-refractivity contribution in [3.63, 3.8) is 0 Å². The Hall–Kier alpha value is -1.38. The minimum Gasteiger partial charge on any atom is -0.327 e. The van der Waals surface area contributed by atoms with Crippen LogP contribution in [0.2, 0.25) is 5.02 Å². The zero-order chi connectivity index (χ0) is 13.0. The van der Waals surface area contributed by atoms with Gasteiger partial charge in [-0.05, 0) is 36.1 Å². The molecular weight excluding hydrogens is 249 g/mol. The fourth-order valence-corrected chi connectivity index (χ4v) is 2.20. The fourth-order valence-electron chi connectivity index (χ4n) is 1.96. The van der Waals surface area contributed by atoms with E-state index in [1.54, 1.807) is 6.07 Å². The largest absolute Gasteiger partial charge is 0.327 e. The molecule has 1 atom stereocenters. The Balaban J connectivity index is 2.01. The Morgan fingerprint density at radius 3 is 2.44 bits per heavy atom. The highest BCUT2D eigenvalue weighted by molar-refractivity contribution is 6.31. The van der Waals surface area contributed by atoms with Gasteiger partial charge in [-0.3, -0.25) is 0 Å². The third kappa shape index (κ3) is 3.56. The molecule has 0 spiro atoms. The van der Waals surface area contributed by atoms with Gasteiger partial charge in [0.05, 0.1) is 0 Å². The van der Waals surface area contributed by atoms with Crippen molar-refractivity contribution in [1.82, 2.24) is 0 Å². The molecule has 2 aromatic carbocycles. The molecule has 0 saturated heterocycles. The predicted octanol–water partition coefficient (Wildman–Crippen LogP) is 3.59. The Kier molecular flexibility index (Phi) is 4.34. The first-order valence-electron chi connectivity index (χ1n) is 5.88. The van der Waals surface area contributed by atoms with Crippen LogP contribution < -0.4 is 5.73 Å². The van der Waals surface area contributed by atoms with E-state index < -0.39 is 0 Å². The van der Waals surface area contributed by atoms with Crippen molar-refractivity contribution in [3.05, 3.63) is 70.5 Å². The van der Waals surface area contributed by atoms with E-state index in [0.29, 0.717) is 11.4 Å². The average Bonchev–Trinajstić information content (AvgIpc) is 2.34. The molecule has 3 heteroatoms. The zero-order valence-corrected chi connectivity index (χ0v) is 10.7. The lowest BCUT2D eigenvalue weighted by atomic mass is 10.00. The van der Waals surface area contributed by atoms with E-state index in [1.165, 1.54) is 17.7 Å². The minimum atomic E-state index is -0.319. The van der Waals surface area contributed by atoms with Gasteiger partial charge in [-0.1, -0.05) is 48.0 Å². The molecule has 0 bridgehead atoms. The van der Waals surface area contributed by atoms with Gasteiger partial charge in [0.2, 0.25) is 0 Å². The summed E-state index contributed by atoms with van der Waals surface area (Å²) in [6.45, 7) is 0. The highest BCUT2D eigenvalue weighted by atomic mass is 35.5. The van der Waals surface area contributed by atoms with Gasteiger partial charge in [0, 0.05) is 11.1 Å². The number of hydrogen-bond acceptors (Lipinski definition) is 1. The van der Waals surface area contributed by atoms with Crippen LogP contribution in [0.1, 0.15) is 11.1 Å². The number of halogens is 2. The van der Waals surface area contributed by atoms with Crippen LogP contribution in [0.5, 0.6) is 0 Å². The van der Waals surface area contributed by atoms with Crippen molar-refractivity contribution in [3.8, 4) is 0 Å². The summed E-state index contributed by atoms with van der Waals surface area (Å²) in [5.74, 6) is -0.319. The highest BCUT2D eigenvalue weighted by Gasteiger charge is 2.08. The molecule has 2 aromatic rings. The lowest BCUT2D eigenvalue weighted by molar-refractivity contribution is 0.623. The van der Waals surface area contributed by atoms with Crippen molar-refractivity contribution < 1.29 is 4.39 Å². The summed E-state index contributed by atoms with van der Waals surface area (Å²) in [6, 6.07) is 14.5. The maximum atomic E-state index is 12.9. The monoisotopic (exact) mass is 263 g/mol. The third-order valence-electron chi connectivity index (χ3n) is 2.84. The number of nitrogens with two attached hydrogens (primary N) is 1. The van der Waals surface area contributed by atoms with Crippen LogP contribution in [0.3, 0.4) is 0 Å². The quantitative estimate of drug-likeness (QED) is 0.896. The van der Waals surface area contributed by atoms with Crippen LogP contribution in [-0.2, 0) is 12.8 Å². The average molecular weight is 264 g/mol. The Bertz CT molecular complexity index is 513. The topological polar surface area (TPSA) is 26.0 Å². The van der Waals surface area contributed by atoms with E-state index >= 15 is 0 Å².